The second-order valence-corrected chi connectivity index (χ2v) is 5.07. The molecule has 2 rings (SSSR count). The molecule has 20 heavy (non-hydrogen) atoms. The third kappa shape index (κ3) is 3.57. The Balaban J connectivity index is 2.12. The van der Waals surface area contributed by atoms with Crippen molar-refractivity contribution in [2.45, 2.75) is 33.2 Å². The molecule has 0 saturated heterocycles. The highest BCUT2D eigenvalue weighted by atomic mass is 16.5. The number of nitrogens with zero attached hydrogens (tertiary/aromatic N) is 2. The van der Waals surface area contributed by atoms with E-state index in [1.54, 1.807) is 7.11 Å². The summed E-state index contributed by atoms with van der Waals surface area (Å²) in [5, 5.41) is 7.35. The summed E-state index contributed by atoms with van der Waals surface area (Å²) >= 11 is 0. The summed E-state index contributed by atoms with van der Waals surface area (Å²) in [6, 6.07) is 6.38. The van der Waals surface area contributed by atoms with Crippen LogP contribution in [0.1, 0.15) is 25.3 Å². The Kier molecular flexibility index (Phi) is 4.74. The first-order valence-corrected chi connectivity index (χ1v) is 6.81. The Morgan fingerprint density at radius 3 is 2.85 bits per heavy atom. The topological polar surface area (TPSA) is 60.2 Å². The summed E-state index contributed by atoms with van der Waals surface area (Å²) in [6.07, 6.45) is 0.722. The maximum atomic E-state index is 5.37. The number of benzene rings is 1. The van der Waals surface area contributed by atoms with Crippen LogP contribution in [-0.2, 0) is 6.42 Å². The number of aromatic nitrogens is 2. The molecular formula is C15H21N3O2. The van der Waals surface area contributed by atoms with E-state index in [-0.39, 0.29) is 0 Å². The molecule has 1 N–H and O–H groups in total. The lowest BCUT2D eigenvalue weighted by Crippen LogP contribution is -2.25. The summed E-state index contributed by atoms with van der Waals surface area (Å²) in [5.41, 5.74) is 1.99. The van der Waals surface area contributed by atoms with Gasteiger partial charge < -0.3 is 14.6 Å². The lowest BCUT2D eigenvalue weighted by atomic mass is 10.1. The number of methoxy groups -OCH3 is 1. The molecule has 1 heterocycles. The molecule has 0 aliphatic rings. The van der Waals surface area contributed by atoms with Crippen LogP contribution in [-0.4, -0.2) is 29.8 Å². The first kappa shape index (κ1) is 14.5. The molecule has 1 aromatic carbocycles. The third-order valence-electron chi connectivity index (χ3n) is 2.96. The highest BCUT2D eigenvalue weighted by Crippen LogP contribution is 2.28. The Labute approximate surface area is 119 Å². The number of hydrogen-bond donors (Lipinski definition) is 1. The Morgan fingerprint density at radius 2 is 2.15 bits per heavy atom. The second-order valence-electron chi connectivity index (χ2n) is 5.07. The summed E-state index contributed by atoms with van der Waals surface area (Å²) in [5.74, 6) is 1.97. The van der Waals surface area contributed by atoms with Gasteiger partial charge in [-0.2, -0.15) is 4.98 Å². The van der Waals surface area contributed by atoms with Crippen molar-refractivity contribution in [3.05, 3.63) is 29.7 Å². The van der Waals surface area contributed by atoms with Gasteiger partial charge in [0, 0.05) is 19.0 Å². The van der Waals surface area contributed by atoms with Gasteiger partial charge >= 0.3 is 0 Å². The fourth-order valence-corrected chi connectivity index (χ4v) is 1.92. The first-order valence-electron chi connectivity index (χ1n) is 6.81. The first-order chi connectivity index (χ1) is 9.60. The van der Waals surface area contributed by atoms with Gasteiger partial charge in [0.2, 0.25) is 11.7 Å². The average molecular weight is 275 g/mol. The smallest absolute Gasteiger partial charge is 0.228 e. The van der Waals surface area contributed by atoms with E-state index in [1.165, 1.54) is 0 Å². The van der Waals surface area contributed by atoms with E-state index in [4.69, 9.17) is 9.26 Å². The highest BCUT2D eigenvalue weighted by molar-refractivity contribution is 5.64. The van der Waals surface area contributed by atoms with Gasteiger partial charge in [-0.25, -0.2) is 0 Å². The van der Waals surface area contributed by atoms with Gasteiger partial charge in [-0.05, 0) is 24.6 Å². The van der Waals surface area contributed by atoms with Crippen LogP contribution in [0.25, 0.3) is 11.4 Å². The number of aryl methyl sites for hydroxylation is 1. The number of ether oxygens (including phenoxy) is 1. The lowest BCUT2D eigenvalue weighted by molar-refractivity contribution is 0.374. The normalized spacial score (nSPS) is 11.1. The van der Waals surface area contributed by atoms with Crippen LogP contribution in [0.3, 0.4) is 0 Å². The molecule has 0 aliphatic carbocycles. The van der Waals surface area contributed by atoms with E-state index < -0.39 is 0 Å². The number of nitrogens with one attached hydrogen (secondary N) is 1. The fourth-order valence-electron chi connectivity index (χ4n) is 1.92. The maximum Gasteiger partial charge on any atom is 0.228 e. The summed E-state index contributed by atoms with van der Waals surface area (Å²) in [6.45, 7) is 7.06. The van der Waals surface area contributed by atoms with Crippen LogP contribution in [0.15, 0.2) is 22.7 Å². The molecular weight excluding hydrogens is 254 g/mol. The predicted molar refractivity (Wildman–Crippen MR) is 77.9 cm³/mol. The number of hydrogen-bond acceptors (Lipinski definition) is 5. The molecule has 5 heteroatoms. The van der Waals surface area contributed by atoms with Crippen molar-refractivity contribution >= 4 is 0 Å². The van der Waals surface area contributed by atoms with Gasteiger partial charge in [0.1, 0.15) is 5.75 Å². The summed E-state index contributed by atoms with van der Waals surface area (Å²) in [4.78, 5) is 4.42. The minimum Gasteiger partial charge on any atom is -0.496 e. The van der Waals surface area contributed by atoms with Crippen LogP contribution in [0.5, 0.6) is 5.75 Å². The zero-order valence-electron chi connectivity index (χ0n) is 12.4. The van der Waals surface area contributed by atoms with Crippen molar-refractivity contribution in [2.75, 3.05) is 13.7 Å². The molecule has 1 aromatic heterocycles. The Morgan fingerprint density at radius 1 is 1.35 bits per heavy atom. The van der Waals surface area contributed by atoms with Gasteiger partial charge in [-0.1, -0.05) is 25.1 Å². The second kappa shape index (κ2) is 6.52. The minimum atomic E-state index is 0.453. The van der Waals surface area contributed by atoms with Crippen LogP contribution < -0.4 is 10.1 Å². The molecule has 0 atom stereocenters. The molecule has 2 aromatic rings. The summed E-state index contributed by atoms with van der Waals surface area (Å²) < 4.78 is 10.6. The molecule has 0 unspecified atom stereocenters. The van der Waals surface area contributed by atoms with Gasteiger partial charge in [0.25, 0.3) is 0 Å². The van der Waals surface area contributed by atoms with E-state index in [0.29, 0.717) is 17.8 Å². The standard InChI is InChI=1S/C15H21N3O2/c1-10(2)16-8-7-14-17-15(18-20-14)12-6-5-11(3)9-13(12)19-4/h5-6,9-10,16H,7-8H2,1-4H3. The number of rotatable bonds is 6. The van der Waals surface area contributed by atoms with Gasteiger partial charge in [0.15, 0.2) is 0 Å². The molecule has 0 bridgehead atoms. The Hall–Kier alpha value is -1.88. The van der Waals surface area contributed by atoms with Crippen molar-refractivity contribution in [2.24, 2.45) is 0 Å². The average Bonchev–Trinajstić information content (AvgIpc) is 2.86. The fraction of sp³-hybridized carbons (Fsp3) is 0.467. The van der Waals surface area contributed by atoms with Crippen molar-refractivity contribution in [1.29, 1.82) is 0 Å². The molecule has 0 aliphatic heterocycles. The minimum absolute atomic E-state index is 0.453. The molecule has 0 fully saturated rings. The molecule has 0 spiro atoms. The summed E-state index contributed by atoms with van der Waals surface area (Å²) in [7, 11) is 1.64. The van der Waals surface area contributed by atoms with E-state index in [0.717, 1.165) is 29.8 Å². The van der Waals surface area contributed by atoms with Crippen molar-refractivity contribution < 1.29 is 9.26 Å². The molecule has 5 nitrogen and oxygen atoms in total. The van der Waals surface area contributed by atoms with E-state index in [1.807, 2.05) is 25.1 Å². The SMILES string of the molecule is COc1cc(C)ccc1-c1noc(CCNC(C)C)n1. The molecule has 0 radical (unpaired) electrons. The van der Waals surface area contributed by atoms with Gasteiger partial charge in [0.05, 0.1) is 12.7 Å². The zero-order valence-corrected chi connectivity index (χ0v) is 12.4. The molecule has 0 saturated carbocycles. The highest BCUT2D eigenvalue weighted by Gasteiger charge is 2.13. The van der Waals surface area contributed by atoms with E-state index in [2.05, 4.69) is 29.3 Å². The van der Waals surface area contributed by atoms with E-state index in [9.17, 15) is 0 Å². The van der Waals surface area contributed by atoms with Crippen molar-refractivity contribution in [1.82, 2.24) is 15.5 Å². The van der Waals surface area contributed by atoms with Crippen LogP contribution in [0.2, 0.25) is 0 Å². The predicted octanol–water partition coefficient (Wildman–Crippen LogP) is 2.59. The quantitative estimate of drug-likeness (QED) is 0.878. The van der Waals surface area contributed by atoms with Crippen LogP contribution in [0, 0.1) is 6.92 Å². The third-order valence-corrected chi connectivity index (χ3v) is 2.96. The van der Waals surface area contributed by atoms with Gasteiger partial charge in [-0.3, -0.25) is 0 Å². The zero-order chi connectivity index (χ0) is 14.5. The lowest BCUT2D eigenvalue weighted by Gasteiger charge is -2.05. The van der Waals surface area contributed by atoms with E-state index >= 15 is 0 Å². The monoisotopic (exact) mass is 275 g/mol. The largest absolute Gasteiger partial charge is 0.496 e. The molecule has 0 amide bonds. The maximum absolute atomic E-state index is 5.37. The van der Waals surface area contributed by atoms with Gasteiger partial charge in [-0.15, -0.1) is 0 Å². The van der Waals surface area contributed by atoms with Crippen molar-refractivity contribution in [3.63, 3.8) is 0 Å². The van der Waals surface area contributed by atoms with Crippen LogP contribution >= 0.6 is 0 Å². The van der Waals surface area contributed by atoms with Crippen LogP contribution in [0.4, 0.5) is 0 Å². The Bertz CT molecular complexity index is 564. The molecule has 108 valence electrons. The van der Waals surface area contributed by atoms with Crippen molar-refractivity contribution in [3.8, 4) is 17.1 Å².